The minimum absolute atomic E-state index is 0.0537. The average Bonchev–Trinajstić information content (AvgIpc) is 3.15. The number of likely N-dealkylation sites (tertiary alicyclic amines) is 1. The Kier molecular flexibility index (Phi) is 6.80. The Labute approximate surface area is 189 Å². The Morgan fingerprint density at radius 2 is 1.82 bits per heavy atom. The van der Waals surface area contributed by atoms with Crippen LogP contribution in [0, 0.1) is 6.92 Å². The highest BCUT2D eigenvalue weighted by Gasteiger charge is 2.36. The average molecular weight is 461 g/mol. The van der Waals surface area contributed by atoms with Crippen LogP contribution < -0.4 is 10.6 Å². The summed E-state index contributed by atoms with van der Waals surface area (Å²) in [4.78, 5) is 10.1. The number of benzene rings is 1. The van der Waals surface area contributed by atoms with Gasteiger partial charge in [-0.1, -0.05) is 18.2 Å². The van der Waals surface area contributed by atoms with Gasteiger partial charge >= 0.3 is 6.18 Å². The number of alkyl halides is 3. The second-order valence-corrected chi connectivity index (χ2v) is 7.95. The van der Waals surface area contributed by atoms with Gasteiger partial charge in [-0.15, -0.1) is 0 Å². The van der Waals surface area contributed by atoms with Gasteiger partial charge in [0.2, 0.25) is 5.95 Å². The second kappa shape index (κ2) is 9.75. The topological polar surface area (TPSA) is 91.1 Å². The molecule has 33 heavy (non-hydrogen) atoms. The van der Waals surface area contributed by atoms with E-state index in [9.17, 15) is 13.2 Å². The quantitative estimate of drug-likeness (QED) is 0.488. The van der Waals surface area contributed by atoms with Crippen LogP contribution in [0.2, 0.25) is 0 Å². The van der Waals surface area contributed by atoms with Gasteiger partial charge in [-0.05, 0) is 31.9 Å². The standard InChI is InChI=1S/C22H26F3N7O/c1-15-19(14-27-32(15)17-7-9-31(10-8-17)11-12-33)29-20-18(22(23,24)25)13-26-21(30-20)28-16-5-3-2-4-6-16/h2-6,13-14,17,33H,7-12H2,1H3,(H2,26,28,29,30). The lowest BCUT2D eigenvalue weighted by Gasteiger charge is -2.32. The van der Waals surface area contributed by atoms with Crippen LogP contribution in [0.15, 0.2) is 42.7 Å². The van der Waals surface area contributed by atoms with Gasteiger partial charge in [0.25, 0.3) is 0 Å². The molecule has 1 fully saturated rings. The zero-order valence-corrected chi connectivity index (χ0v) is 18.2. The molecule has 0 unspecified atom stereocenters. The van der Waals surface area contributed by atoms with Gasteiger partial charge in [0, 0.05) is 31.5 Å². The van der Waals surface area contributed by atoms with Crippen molar-refractivity contribution >= 4 is 23.1 Å². The number of para-hydroxylation sites is 1. The first-order chi connectivity index (χ1) is 15.8. The number of piperidine rings is 1. The summed E-state index contributed by atoms with van der Waals surface area (Å²) in [6.45, 7) is 4.27. The van der Waals surface area contributed by atoms with Crippen molar-refractivity contribution in [3.63, 3.8) is 0 Å². The van der Waals surface area contributed by atoms with E-state index in [-0.39, 0.29) is 24.4 Å². The summed E-state index contributed by atoms with van der Waals surface area (Å²) >= 11 is 0. The van der Waals surface area contributed by atoms with Gasteiger partial charge in [0.05, 0.1) is 30.2 Å². The third-order valence-corrected chi connectivity index (χ3v) is 5.74. The Bertz CT molecular complexity index is 1060. The van der Waals surface area contributed by atoms with Crippen molar-refractivity contribution in [2.24, 2.45) is 0 Å². The second-order valence-electron chi connectivity index (χ2n) is 7.95. The molecule has 1 saturated heterocycles. The number of nitrogens with zero attached hydrogens (tertiary/aromatic N) is 5. The highest BCUT2D eigenvalue weighted by molar-refractivity contribution is 5.63. The smallest absolute Gasteiger partial charge is 0.395 e. The van der Waals surface area contributed by atoms with Gasteiger partial charge in [0.1, 0.15) is 11.4 Å². The first-order valence-corrected chi connectivity index (χ1v) is 10.8. The van der Waals surface area contributed by atoms with E-state index in [0.717, 1.165) is 37.8 Å². The number of anilines is 4. The summed E-state index contributed by atoms with van der Waals surface area (Å²) in [6, 6.07) is 9.14. The molecule has 1 aliphatic heterocycles. The molecule has 0 aliphatic carbocycles. The molecular formula is C22H26F3N7O. The largest absolute Gasteiger partial charge is 0.421 e. The molecule has 11 heteroatoms. The van der Waals surface area contributed by atoms with Crippen LogP contribution >= 0.6 is 0 Å². The number of β-amino-alcohol motifs (C(OH)–C–C–N with tert-alkyl or cyclic N) is 1. The van der Waals surface area contributed by atoms with Gasteiger partial charge < -0.3 is 20.6 Å². The SMILES string of the molecule is Cc1c(Nc2nc(Nc3ccccc3)ncc2C(F)(F)F)cnn1C1CCN(CCO)CC1. The number of rotatable bonds is 7. The molecular weight excluding hydrogens is 435 g/mol. The Hall–Kier alpha value is -3.18. The van der Waals surface area contributed by atoms with Crippen LogP contribution in [0.5, 0.6) is 0 Å². The fourth-order valence-corrected chi connectivity index (χ4v) is 3.97. The molecule has 0 radical (unpaired) electrons. The maximum atomic E-state index is 13.6. The highest BCUT2D eigenvalue weighted by Crippen LogP contribution is 2.36. The predicted molar refractivity (Wildman–Crippen MR) is 119 cm³/mol. The molecule has 1 aliphatic rings. The fraction of sp³-hybridized carbons (Fsp3) is 0.409. The third-order valence-electron chi connectivity index (χ3n) is 5.74. The molecule has 8 nitrogen and oxygen atoms in total. The van der Waals surface area contributed by atoms with E-state index in [1.54, 1.807) is 24.3 Å². The molecule has 0 bridgehead atoms. The van der Waals surface area contributed by atoms with E-state index >= 15 is 0 Å². The van der Waals surface area contributed by atoms with E-state index in [4.69, 9.17) is 5.11 Å². The number of nitrogens with one attached hydrogen (secondary N) is 2. The molecule has 3 aromatic rings. The summed E-state index contributed by atoms with van der Waals surface area (Å²) < 4.78 is 42.7. The molecule has 176 valence electrons. The summed E-state index contributed by atoms with van der Waals surface area (Å²) in [5, 5.41) is 19.3. The highest BCUT2D eigenvalue weighted by atomic mass is 19.4. The van der Waals surface area contributed by atoms with E-state index in [1.165, 1.54) is 6.20 Å². The van der Waals surface area contributed by atoms with Crippen molar-refractivity contribution in [1.82, 2.24) is 24.6 Å². The zero-order chi connectivity index (χ0) is 23.4. The van der Waals surface area contributed by atoms with Crippen LogP contribution in [-0.4, -0.2) is 56.0 Å². The van der Waals surface area contributed by atoms with Crippen molar-refractivity contribution < 1.29 is 18.3 Å². The van der Waals surface area contributed by atoms with Crippen molar-refractivity contribution in [2.75, 3.05) is 36.9 Å². The molecule has 2 aromatic heterocycles. The van der Waals surface area contributed by atoms with Crippen LogP contribution in [0.3, 0.4) is 0 Å². The van der Waals surface area contributed by atoms with Gasteiger partial charge in [-0.25, -0.2) is 4.98 Å². The maximum absolute atomic E-state index is 13.6. The van der Waals surface area contributed by atoms with E-state index in [2.05, 4.69) is 30.6 Å². The van der Waals surface area contributed by atoms with Crippen LogP contribution in [0.4, 0.5) is 36.3 Å². The fourth-order valence-electron chi connectivity index (χ4n) is 3.97. The molecule has 0 atom stereocenters. The van der Waals surface area contributed by atoms with Crippen molar-refractivity contribution in [3.05, 3.63) is 54.0 Å². The number of hydrogen-bond acceptors (Lipinski definition) is 7. The van der Waals surface area contributed by atoms with Crippen LogP contribution in [-0.2, 0) is 6.18 Å². The zero-order valence-electron chi connectivity index (χ0n) is 18.2. The number of aromatic nitrogens is 4. The molecule has 1 aromatic carbocycles. The van der Waals surface area contributed by atoms with Gasteiger partial charge in [-0.2, -0.15) is 23.3 Å². The lowest BCUT2D eigenvalue weighted by atomic mass is 10.1. The Morgan fingerprint density at radius 3 is 2.48 bits per heavy atom. The molecule has 0 spiro atoms. The van der Waals surface area contributed by atoms with Crippen LogP contribution in [0.1, 0.15) is 30.1 Å². The molecule has 0 amide bonds. The Balaban J connectivity index is 1.56. The number of hydrogen-bond donors (Lipinski definition) is 3. The number of aliphatic hydroxyl groups excluding tert-OH is 1. The first kappa shape index (κ1) is 23.0. The molecule has 4 rings (SSSR count). The van der Waals surface area contributed by atoms with Gasteiger partial charge in [0.15, 0.2) is 0 Å². The lowest BCUT2D eigenvalue weighted by Crippen LogP contribution is -2.36. The van der Waals surface area contributed by atoms with E-state index < -0.39 is 11.7 Å². The number of aliphatic hydroxyl groups is 1. The summed E-state index contributed by atoms with van der Waals surface area (Å²) in [7, 11) is 0. The predicted octanol–water partition coefficient (Wildman–Crippen LogP) is 4.12. The van der Waals surface area contributed by atoms with Crippen molar-refractivity contribution in [1.29, 1.82) is 0 Å². The van der Waals surface area contributed by atoms with E-state index in [0.29, 0.717) is 17.9 Å². The third kappa shape index (κ3) is 5.42. The summed E-state index contributed by atoms with van der Waals surface area (Å²) in [5.41, 5.74) is 0.910. The maximum Gasteiger partial charge on any atom is 0.421 e. The first-order valence-electron chi connectivity index (χ1n) is 10.8. The molecule has 3 heterocycles. The number of halogens is 3. The lowest BCUT2D eigenvalue weighted by molar-refractivity contribution is -0.137. The van der Waals surface area contributed by atoms with Crippen molar-refractivity contribution in [3.8, 4) is 0 Å². The Morgan fingerprint density at radius 1 is 1.09 bits per heavy atom. The van der Waals surface area contributed by atoms with E-state index in [1.807, 2.05) is 17.7 Å². The normalized spacial score (nSPS) is 15.5. The van der Waals surface area contributed by atoms with Crippen LogP contribution in [0.25, 0.3) is 0 Å². The molecule has 3 N–H and O–H groups in total. The van der Waals surface area contributed by atoms with Crippen molar-refractivity contribution in [2.45, 2.75) is 32.0 Å². The summed E-state index contributed by atoms with van der Waals surface area (Å²) in [5.74, 6) is -0.283. The minimum Gasteiger partial charge on any atom is -0.395 e. The van der Waals surface area contributed by atoms with Gasteiger partial charge in [-0.3, -0.25) is 4.68 Å². The minimum atomic E-state index is -4.61. The molecule has 0 saturated carbocycles. The monoisotopic (exact) mass is 461 g/mol. The summed E-state index contributed by atoms with van der Waals surface area (Å²) in [6.07, 6.45) is -0.598.